The van der Waals surface area contributed by atoms with Crippen LogP contribution in [0, 0.1) is 0 Å². The molecule has 0 unspecified atom stereocenters. The van der Waals surface area contributed by atoms with Crippen molar-refractivity contribution in [3.8, 4) is 0 Å². The third-order valence-corrected chi connectivity index (χ3v) is 5.07. The van der Waals surface area contributed by atoms with Gasteiger partial charge in [0.1, 0.15) is 11.6 Å². The lowest BCUT2D eigenvalue weighted by molar-refractivity contribution is -0.145. The van der Waals surface area contributed by atoms with Crippen LogP contribution < -0.4 is 5.32 Å². The number of nitrogens with zero attached hydrogens (tertiary/aromatic N) is 2. The number of amides is 2. The largest absolute Gasteiger partial charge is 0.467 e. The quantitative estimate of drug-likeness (QED) is 0.743. The Labute approximate surface area is 154 Å². The van der Waals surface area contributed by atoms with Crippen LogP contribution in [0.25, 0.3) is 0 Å². The van der Waals surface area contributed by atoms with Crippen molar-refractivity contribution < 1.29 is 23.9 Å². The summed E-state index contributed by atoms with van der Waals surface area (Å²) in [5.74, 6) is -0.324. The van der Waals surface area contributed by atoms with E-state index < -0.39 is 23.7 Å². The number of carbonyl (C=O) groups excluding carboxylic acids is 3. The highest BCUT2D eigenvalue weighted by Gasteiger charge is 2.45. The second kappa shape index (κ2) is 7.06. The second-order valence-electron chi connectivity index (χ2n) is 8.38. The molecule has 3 atom stereocenters. The number of likely N-dealkylation sites (tertiary alicyclic amines) is 2. The van der Waals surface area contributed by atoms with Crippen LogP contribution in [0.15, 0.2) is 0 Å². The van der Waals surface area contributed by atoms with Crippen LogP contribution in [-0.2, 0) is 19.1 Å². The fourth-order valence-electron chi connectivity index (χ4n) is 3.73. The minimum Gasteiger partial charge on any atom is -0.467 e. The Morgan fingerprint density at radius 2 is 1.88 bits per heavy atom. The number of hydrogen-bond acceptors (Lipinski definition) is 6. The molecule has 2 amide bonds. The van der Waals surface area contributed by atoms with Crippen molar-refractivity contribution in [1.29, 1.82) is 0 Å². The molecule has 0 aromatic rings. The van der Waals surface area contributed by atoms with E-state index >= 15 is 0 Å². The van der Waals surface area contributed by atoms with Crippen LogP contribution in [-0.4, -0.2) is 77.7 Å². The first-order chi connectivity index (χ1) is 12.2. The van der Waals surface area contributed by atoms with Gasteiger partial charge in [0.15, 0.2) is 0 Å². The molecule has 26 heavy (non-hydrogen) atoms. The van der Waals surface area contributed by atoms with Gasteiger partial charge in [0, 0.05) is 25.2 Å². The number of esters is 1. The van der Waals surface area contributed by atoms with Crippen LogP contribution in [0.1, 0.15) is 46.5 Å². The van der Waals surface area contributed by atoms with Gasteiger partial charge in [-0.1, -0.05) is 0 Å². The topological polar surface area (TPSA) is 88.2 Å². The number of methoxy groups -OCH3 is 1. The zero-order chi connectivity index (χ0) is 19.1. The smallest absolute Gasteiger partial charge is 0.411 e. The SMILES string of the molecule is COC(=O)[C@@H]1C[C@@H](N[C@H]2CCN(C3CC3)C2=O)CN1C(=O)OC(C)(C)C. The van der Waals surface area contributed by atoms with Gasteiger partial charge >= 0.3 is 12.1 Å². The van der Waals surface area contributed by atoms with E-state index in [9.17, 15) is 14.4 Å². The van der Waals surface area contributed by atoms with Crippen molar-refractivity contribution in [2.45, 2.75) is 76.2 Å². The molecule has 8 heteroatoms. The molecule has 0 radical (unpaired) electrons. The second-order valence-corrected chi connectivity index (χ2v) is 8.38. The van der Waals surface area contributed by atoms with Crippen LogP contribution in [0.4, 0.5) is 4.79 Å². The van der Waals surface area contributed by atoms with E-state index in [-0.39, 0.29) is 18.0 Å². The normalized spacial score (nSPS) is 29.2. The van der Waals surface area contributed by atoms with Gasteiger partial charge in [-0.15, -0.1) is 0 Å². The fourth-order valence-corrected chi connectivity index (χ4v) is 3.73. The molecule has 2 saturated heterocycles. The lowest BCUT2D eigenvalue weighted by Gasteiger charge is -2.27. The van der Waals surface area contributed by atoms with E-state index in [0.717, 1.165) is 25.8 Å². The van der Waals surface area contributed by atoms with Gasteiger partial charge in [0.05, 0.1) is 13.2 Å². The average molecular weight is 367 g/mol. The van der Waals surface area contributed by atoms with Crippen molar-refractivity contribution in [2.75, 3.05) is 20.2 Å². The standard InChI is InChI=1S/C18H29N3O5/c1-18(2,3)26-17(24)21-10-11(9-14(21)16(23)25-4)19-13-7-8-20(15(13)22)12-5-6-12/h11-14,19H,5-10H2,1-4H3/t11-,13+,14+/m1/s1. The Morgan fingerprint density at radius 1 is 1.19 bits per heavy atom. The maximum absolute atomic E-state index is 12.5. The molecule has 1 saturated carbocycles. The third-order valence-electron chi connectivity index (χ3n) is 5.07. The summed E-state index contributed by atoms with van der Waals surface area (Å²) in [7, 11) is 1.31. The molecule has 1 aliphatic carbocycles. The van der Waals surface area contributed by atoms with E-state index in [0.29, 0.717) is 19.0 Å². The molecule has 146 valence electrons. The number of hydrogen-bond donors (Lipinski definition) is 1. The zero-order valence-corrected chi connectivity index (χ0v) is 16.0. The molecule has 0 spiro atoms. The van der Waals surface area contributed by atoms with E-state index in [2.05, 4.69) is 5.32 Å². The minimum atomic E-state index is -0.691. The predicted molar refractivity (Wildman–Crippen MR) is 93.4 cm³/mol. The van der Waals surface area contributed by atoms with Crippen LogP contribution in [0.3, 0.4) is 0 Å². The Bertz CT molecular complexity index is 584. The van der Waals surface area contributed by atoms with Gasteiger partial charge < -0.3 is 19.7 Å². The van der Waals surface area contributed by atoms with E-state index in [1.165, 1.54) is 12.0 Å². The molecule has 2 heterocycles. The lowest BCUT2D eigenvalue weighted by atomic mass is 10.1. The molecule has 3 rings (SSSR count). The monoisotopic (exact) mass is 367 g/mol. The number of nitrogens with one attached hydrogen (secondary N) is 1. The van der Waals surface area contributed by atoms with Crippen LogP contribution >= 0.6 is 0 Å². The highest BCUT2D eigenvalue weighted by atomic mass is 16.6. The summed E-state index contributed by atoms with van der Waals surface area (Å²) in [5, 5.41) is 3.35. The van der Waals surface area contributed by atoms with Gasteiger partial charge in [0.2, 0.25) is 5.91 Å². The van der Waals surface area contributed by atoms with Crippen molar-refractivity contribution in [3.05, 3.63) is 0 Å². The summed E-state index contributed by atoms with van der Waals surface area (Å²) in [6.45, 7) is 6.46. The summed E-state index contributed by atoms with van der Waals surface area (Å²) in [4.78, 5) is 40.5. The summed E-state index contributed by atoms with van der Waals surface area (Å²) in [5.41, 5.74) is -0.643. The van der Waals surface area contributed by atoms with Crippen molar-refractivity contribution >= 4 is 18.0 Å². The number of ether oxygens (including phenoxy) is 2. The van der Waals surface area contributed by atoms with Crippen LogP contribution in [0.2, 0.25) is 0 Å². The zero-order valence-electron chi connectivity index (χ0n) is 16.0. The molecule has 3 aliphatic rings. The van der Waals surface area contributed by atoms with E-state index in [1.807, 2.05) is 4.90 Å². The summed E-state index contributed by atoms with van der Waals surface area (Å²) in [6, 6.07) is -0.653. The molecular weight excluding hydrogens is 338 g/mol. The summed E-state index contributed by atoms with van der Waals surface area (Å²) in [6.07, 6.45) is 2.84. The highest BCUT2D eigenvalue weighted by molar-refractivity contribution is 5.85. The Kier molecular flexibility index (Phi) is 5.14. The first-order valence-corrected chi connectivity index (χ1v) is 9.33. The molecule has 2 aliphatic heterocycles. The summed E-state index contributed by atoms with van der Waals surface area (Å²) >= 11 is 0. The molecule has 8 nitrogen and oxygen atoms in total. The van der Waals surface area contributed by atoms with Crippen molar-refractivity contribution in [1.82, 2.24) is 15.1 Å². The number of rotatable bonds is 4. The average Bonchev–Trinajstić information content (AvgIpc) is 3.20. The minimum absolute atomic E-state index is 0.137. The van der Waals surface area contributed by atoms with Gasteiger partial charge in [-0.3, -0.25) is 9.69 Å². The first kappa shape index (κ1) is 18.9. The summed E-state index contributed by atoms with van der Waals surface area (Å²) < 4.78 is 10.3. The van der Waals surface area contributed by atoms with Crippen molar-refractivity contribution in [3.63, 3.8) is 0 Å². The molecule has 3 fully saturated rings. The lowest BCUT2D eigenvalue weighted by Crippen LogP contribution is -2.46. The molecular formula is C18H29N3O5. The van der Waals surface area contributed by atoms with Crippen molar-refractivity contribution in [2.24, 2.45) is 0 Å². The Hall–Kier alpha value is -1.83. The molecule has 0 aromatic carbocycles. The first-order valence-electron chi connectivity index (χ1n) is 9.33. The van der Waals surface area contributed by atoms with E-state index in [4.69, 9.17) is 9.47 Å². The Balaban J connectivity index is 1.63. The molecule has 0 aromatic heterocycles. The van der Waals surface area contributed by atoms with Gasteiger partial charge in [-0.2, -0.15) is 0 Å². The van der Waals surface area contributed by atoms with Crippen LogP contribution in [0.5, 0.6) is 0 Å². The fraction of sp³-hybridized carbons (Fsp3) is 0.833. The van der Waals surface area contributed by atoms with Gasteiger partial charge in [-0.25, -0.2) is 9.59 Å². The predicted octanol–water partition coefficient (Wildman–Crippen LogP) is 0.890. The maximum atomic E-state index is 12.5. The van der Waals surface area contributed by atoms with E-state index in [1.54, 1.807) is 20.8 Å². The third kappa shape index (κ3) is 4.11. The molecule has 1 N–H and O–H groups in total. The highest BCUT2D eigenvalue weighted by Crippen LogP contribution is 2.31. The van der Waals surface area contributed by atoms with Gasteiger partial charge in [-0.05, 0) is 46.5 Å². The molecule has 0 bridgehead atoms. The maximum Gasteiger partial charge on any atom is 0.411 e. The Morgan fingerprint density at radius 3 is 2.46 bits per heavy atom. The number of carbonyl (C=O) groups is 3. The van der Waals surface area contributed by atoms with Gasteiger partial charge in [0.25, 0.3) is 0 Å².